The molecule has 2 aromatic carbocycles. The topological polar surface area (TPSA) is 99.5 Å². The van der Waals surface area contributed by atoms with E-state index in [2.05, 4.69) is 25.6 Å². The van der Waals surface area contributed by atoms with Crippen molar-refractivity contribution in [3.8, 4) is 11.5 Å². The Balaban J connectivity index is 1.39. The Bertz CT molecular complexity index is 1500. The van der Waals surface area contributed by atoms with Gasteiger partial charge in [-0.1, -0.05) is 30.3 Å². The summed E-state index contributed by atoms with van der Waals surface area (Å²) in [6, 6.07) is 15.4. The van der Waals surface area contributed by atoms with Gasteiger partial charge in [-0.05, 0) is 46.5 Å². The van der Waals surface area contributed by atoms with Crippen LogP contribution in [0.15, 0.2) is 59.3 Å². The van der Waals surface area contributed by atoms with Crippen molar-refractivity contribution in [2.45, 2.75) is 38.5 Å². The first-order chi connectivity index (χ1) is 20.0. The predicted molar refractivity (Wildman–Crippen MR) is 158 cm³/mol. The van der Waals surface area contributed by atoms with Crippen LogP contribution >= 0.6 is 15.9 Å². The van der Waals surface area contributed by atoms with Crippen LogP contribution in [0.25, 0.3) is 5.52 Å². The smallest absolute Gasteiger partial charge is 0.410 e. The van der Waals surface area contributed by atoms with Gasteiger partial charge in [-0.25, -0.2) is 14.8 Å². The number of carbonyl (C=O) groups excluding carboxylic acids is 1. The molecule has 0 spiro atoms. The number of nitrogens with zero attached hydrogens (tertiary/aromatic N) is 4. The number of likely N-dealkylation sites (tertiary alicyclic amines) is 1. The second-order valence-electron chi connectivity index (χ2n) is 9.83. The van der Waals surface area contributed by atoms with E-state index in [9.17, 15) is 4.79 Å². The van der Waals surface area contributed by atoms with E-state index in [0.717, 1.165) is 52.5 Å². The summed E-state index contributed by atoms with van der Waals surface area (Å²) in [7, 11) is 4.92. The number of methoxy groups -OCH3 is 3. The molecule has 2 aromatic heterocycles. The van der Waals surface area contributed by atoms with E-state index in [4.69, 9.17) is 28.9 Å². The number of amides is 1. The van der Waals surface area contributed by atoms with Gasteiger partial charge >= 0.3 is 6.09 Å². The molecular formula is C30H34BrN5O5. The molecule has 1 amide bonds. The van der Waals surface area contributed by atoms with Crippen LogP contribution in [0.4, 0.5) is 10.6 Å². The number of imidazole rings is 1. The van der Waals surface area contributed by atoms with E-state index >= 15 is 0 Å². The van der Waals surface area contributed by atoms with Crippen LogP contribution in [-0.4, -0.2) is 59.8 Å². The van der Waals surface area contributed by atoms with Gasteiger partial charge in [0.05, 0.1) is 32.7 Å². The lowest BCUT2D eigenvalue weighted by Gasteiger charge is -2.31. The number of hydrogen-bond donors (Lipinski definition) is 1. The number of ether oxygens (including phenoxy) is 4. The van der Waals surface area contributed by atoms with Crippen molar-refractivity contribution in [2.24, 2.45) is 0 Å². The molecule has 1 saturated heterocycles. The van der Waals surface area contributed by atoms with E-state index < -0.39 is 0 Å². The number of nitrogens with one attached hydrogen (secondary N) is 1. The molecule has 3 heterocycles. The summed E-state index contributed by atoms with van der Waals surface area (Å²) >= 11 is 3.69. The molecule has 1 atom stereocenters. The zero-order valence-corrected chi connectivity index (χ0v) is 25.0. The third-order valence-corrected chi connectivity index (χ3v) is 7.75. The van der Waals surface area contributed by atoms with Gasteiger partial charge in [0.2, 0.25) is 0 Å². The molecule has 0 saturated carbocycles. The molecule has 0 radical (unpaired) electrons. The highest BCUT2D eigenvalue weighted by molar-refractivity contribution is 9.10. The molecule has 0 bridgehead atoms. The molecule has 41 heavy (non-hydrogen) atoms. The van der Waals surface area contributed by atoms with Crippen LogP contribution in [0.5, 0.6) is 11.5 Å². The molecule has 10 nitrogen and oxygen atoms in total. The number of rotatable bonds is 10. The minimum Gasteiger partial charge on any atom is -0.497 e. The van der Waals surface area contributed by atoms with Gasteiger partial charge < -0.3 is 29.2 Å². The molecule has 1 N–H and O–H groups in total. The van der Waals surface area contributed by atoms with E-state index in [-0.39, 0.29) is 18.6 Å². The van der Waals surface area contributed by atoms with E-state index in [0.29, 0.717) is 36.7 Å². The lowest BCUT2D eigenvalue weighted by Crippen LogP contribution is -2.40. The van der Waals surface area contributed by atoms with Gasteiger partial charge in [0.25, 0.3) is 0 Å². The Hall–Kier alpha value is -3.83. The molecule has 4 aromatic rings. The first-order valence-corrected chi connectivity index (χ1v) is 14.3. The second-order valence-corrected chi connectivity index (χ2v) is 10.6. The van der Waals surface area contributed by atoms with Crippen LogP contribution in [-0.2, 0) is 29.2 Å². The summed E-state index contributed by atoms with van der Waals surface area (Å²) < 4.78 is 24.8. The number of aromatic nitrogens is 3. The third-order valence-electron chi connectivity index (χ3n) is 7.20. The minimum absolute atomic E-state index is 0.0133. The van der Waals surface area contributed by atoms with Crippen LogP contribution < -0.4 is 14.8 Å². The van der Waals surface area contributed by atoms with E-state index in [1.807, 2.05) is 48.5 Å². The highest BCUT2D eigenvalue weighted by atomic mass is 79.9. The van der Waals surface area contributed by atoms with Gasteiger partial charge in [0, 0.05) is 44.3 Å². The normalized spacial score (nSPS) is 15.1. The van der Waals surface area contributed by atoms with Crippen molar-refractivity contribution < 1.29 is 23.7 Å². The van der Waals surface area contributed by atoms with Crippen LogP contribution in [0.3, 0.4) is 0 Å². The number of benzene rings is 2. The number of halogens is 1. The van der Waals surface area contributed by atoms with Gasteiger partial charge in [0.1, 0.15) is 34.1 Å². The molecule has 0 unspecified atom stereocenters. The number of hydrogen-bond acceptors (Lipinski definition) is 8. The first kappa shape index (κ1) is 28.7. The largest absolute Gasteiger partial charge is 0.497 e. The van der Waals surface area contributed by atoms with Crippen molar-refractivity contribution in [1.82, 2.24) is 19.3 Å². The fourth-order valence-electron chi connectivity index (χ4n) is 5.16. The van der Waals surface area contributed by atoms with Crippen molar-refractivity contribution in [3.63, 3.8) is 0 Å². The summed E-state index contributed by atoms with van der Waals surface area (Å²) in [5, 5.41) is 3.45. The van der Waals surface area contributed by atoms with Gasteiger partial charge in [-0.15, -0.1) is 0 Å². The Labute approximate surface area is 247 Å². The zero-order chi connectivity index (χ0) is 28.8. The van der Waals surface area contributed by atoms with Crippen LogP contribution in [0, 0.1) is 0 Å². The molecule has 1 fully saturated rings. The van der Waals surface area contributed by atoms with Crippen molar-refractivity contribution in [2.75, 3.05) is 39.7 Å². The van der Waals surface area contributed by atoms with Gasteiger partial charge in [0.15, 0.2) is 5.82 Å². The zero-order valence-electron chi connectivity index (χ0n) is 23.4. The highest BCUT2D eigenvalue weighted by Crippen LogP contribution is 2.34. The number of carbonyl (C=O) groups is 1. The van der Waals surface area contributed by atoms with E-state index in [1.165, 1.54) is 0 Å². The predicted octanol–water partition coefficient (Wildman–Crippen LogP) is 5.78. The van der Waals surface area contributed by atoms with Gasteiger partial charge in [-0.2, -0.15) is 0 Å². The maximum atomic E-state index is 13.0. The standard InChI is InChI=1S/C30H34BrN5O5/c1-38-19-23-16-33-28(32-15-21-11-12-24(39-2)14-25(21)40-3)26-27(31)34-29(36(23)26)22-10-7-13-35(17-22)30(37)41-18-20-8-5-4-6-9-20/h4-6,8-9,11-12,14,16,22H,7,10,13,15,17-19H2,1-3H3,(H,32,33)/t22-/m1/s1. The van der Waals surface area contributed by atoms with E-state index in [1.54, 1.807) is 32.4 Å². The lowest BCUT2D eigenvalue weighted by molar-refractivity contribution is 0.0852. The summed E-state index contributed by atoms with van der Waals surface area (Å²) in [5.41, 5.74) is 3.60. The quantitative estimate of drug-likeness (QED) is 0.237. The highest BCUT2D eigenvalue weighted by Gasteiger charge is 2.30. The molecule has 1 aliphatic heterocycles. The lowest BCUT2D eigenvalue weighted by atomic mass is 9.97. The first-order valence-electron chi connectivity index (χ1n) is 13.5. The Morgan fingerprint density at radius 2 is 1.93 bits per heavy atom. The maximum absolute atomic E-state index is 13.0. The number of piperidine rings is 1. The van der Waals surface area contributed by atoms with Crippen LogP contribution in [0.1, 0.15) is 41.4 Å². The summed E-state index contributed by atoms with van der Waals surface area (Å²) in [5.74, 6) is 2.98. The fourth-order valence-corrected chi connectivity index (χ4v) is 5.70. The Morgan fingerprint density at radius 1 is 1.10 bits per heavy atom. The molecule has 1 aliphatic rings. The van der Waals surface area contributed by atoms with Gasteiger partial charge in [-0.3, -0.25) is 4.40 Å². The maximum Gasteiger partial charge on any atom is 0.410 e. The molecule has 11 heteroatoms. The average molecular weight is 625 g/mol. The molecular weight excluding hydrogens is 590 g/mol. The summed E-state index contributed by atoms with van der Waals surface area (Å²) in [4.78, 5) is 24.4. The third kappa shape index (κ3) is 6.41. The molecule has 0 aliphatic carbocycles. The fraction of sp³-hybridized carbons (Fsp3) is 0.367. The summed E-state index contributed by atoms with van der Waals surface area (Å²) in [6.07, 6.45) is 3.24. The van der Waals surface area contributed by atoms with Crippen molar-refractivity contribution in [1.29, 1.82) is 0 Å². The Morgan fingerprint density at radius 3 is 2.68 bits per heavy atom. The minimum atomic E-state index is -0.312. The summed E-state index contributed by atoms with van der Waals surface area (Å²) in [6.45, 7) is 2.26. The monoisotopic (exact) mass is 623 g/mol. The van der Waals surface area contributed by atoms with Crippen molar-refractivity contribution in [3.05, 3.63) is 82.0 Å². The SMILES string of the molecule is COCc1cnc(NCc2ccc(OC)cc2OC)c2c(Br)nc([C@@H]3CCCN(C(=O)OCc4ccccc4)C3)n12. The molecule has 216 valence electrons. The molecule has 5 rings (SSSR count). The average Bonchev–Trinajstić information content (AvgIpc) is 3.37. The Kier molecular flexibility index (Phi) is 9.25. The van der Waals surface area contributed by atoms with Crippen molar-refractivity contribution >= 4 is 33.4 Å². The number of anilines is 1. The second kappa shape index (κ2) is 13.2. The number of fused-ring (bicyclic) bond motifs is 1. The van der Waals surface area contributed by atoms with Crippen LogP contribution in [0.2, 0.25) is 0 Å².